The van der Waals surface area contributed by atoms with Crippen molar-refractivity contribution in [3.8, 4) is 5.88 Å². The number of thioether (sulfide) groups is 1. The van der Waals surface area contributed by atoms with Crippen molar-refractivity contribution >= 4 is 50.8 Å². The molecular formula is C13H14Cl2N4O3S2. The molecule has 0 amide bonds. The Hall–Kier alpha value is -1.26. The summed E-state index contributed by atoms with van der Waals surface area (Å²) in [6.45, 7) is 0.482. The van der Waals surface area contributed by atoms with E-state index in [2.05, 4.69) is 14.7 Å². The fourth-order valence-electron chi connectivity index (χ4n) is 1.68. The monoisotopic (exact) mass is 408 g/mol. The maximum Gasteiger partial charge on any atom is 0.264 e. The number of methoxy groups -OCH3 is 1. The van der Waals surface area contributed by atoms with Gasteiger partial charge in [-0.25, -0.2) is 18.4 Å². The first-order valence-corrected chi connectivity index (χ1v) is 9.82. The molecule has 3 N–H and O–H groups in total. The molecule has 0 radical (unpaired) electrons. The second kappa shape index (κ2) is 8.21. The Morgan fingerprint density at radius 2 is 2.12 bits per heavy atom. The number of halogens is 2. The van der Waals surface area contributed by atoms with Crippen LogP contribution in [-0.4, -0.2) is 37.8 Å². The zero-order valence-corrected chi connectivity index (χ0v) is 15.6. The molecule has 11 heteroatoms. The van der Waals surface area contributed by atoms with E-state index in [9.17, 15) is 8.42 Å². The van der Waals surface area contributed by atoms with Gasteiger partial charge in [0.15, 0.2) is 0 Å². The number of hydrogen-bond acceptors (Lipinski definition) is 7. The normalized spacial score (nSPS) is 11.3. The van der Waals surface area contributed by atoms with E-state index in [0.29, 0.717) is 17.3 Å². The number of sulfonamides is 1. The smallest absolute Gasteiger partial charge is 0.264 e. The number of anilines is 1. The number of hydrogen-bond donors (Lipinski definition) is 2. The molecule has 0 saturated carbocycles. The quantitative estimate of drug-likeness (QED) is 0.677. The number of rotatable bonds is 7. The first-order chi connectivity index (χ1) is 11.4. The van der Waals surface area contributed by atoms with Crippen molar-refractivity contribution in [3.05, 3.63) is 34.4 Å². The summed E-state index contributed by atoms with van der Waals surface area (Å²) in [7, 11) is -2.64. The summed E-state index contributed by atoms with van der Waals surface area (Å²) in [5, 5.41) is 0.626. The van der Waals surface area contributed by atoms with Gasteiger partial charge >= 0.3 is 0 Å². The number of nitrogens with zero attached hydrogens (tertiary/aromatic N) is 2. The highest BCUT2D eigenvalue weighted by Gasteiger charge is 2.22. The zero-order valence-electron chi connectivity index (χ0n) is 12.5. The summed E-state index contributed by atoms with van der Waals surface area (Å²) in [5.74, 6) is 0.644. The van der Waals surface area contributed by atoms with Gasteiger partial charge in [-0.05, 0) is 12.1 Å². The third-order valence-corrected chi connectivity index (χ3v) is 5.96. The van der Waals surface area contributed by atoms with Crippen LogP contribution < -0.4 is 15.2 Å². The van der Waals surface area contributed by atoms with Gasteiger partial charge in [-0.1, -0.05) is 29.3 Å². The Bertz CT molecular complexity index is 834. The molecule has 130 valence electrons. The van der Waals surface area contributed by atoms with E-state index >= 15 is 0 Å². The Balaban J connectivity index is 2.34. The highest BCUT2D eigenvalue weighted by atomic mass is 35.5. The molecule has 1 aromatic carbocycles. The van der Waals surface area contributed by atoms with Gasteiger partial charge in [0.25, 0.3) is 15.9 Å². The van der Waals surface area contributed by atoms with Crippen molar-refractivity contribution in [1.29, 1.82) is 0 Å². The third-order valence-electron chi connectivity index (χ3n) is 2.72. The third kappa shape index (κ3) is 4.42. The molecule has 0 bridgehead atoms. The zero-order chi connectivity index (χ0) is 17.7. The molecule has 0 unspecified atom stereocenters. The molecule has 0 aliphatic rings. The van der Waals surface area contributed by atoms with Crippen molar-refractivity contribution in [2.45, 2.75) is 9.92 Å². The van der Waals surface area contributed by atoms with E-state index in [1.165, 1.54) is 43.3 Å². The summed E-state index contributed by atoms with van der Waals surface area (Å²) in [6.07, 6.45) is 1.43. The predicted octanol–water partition coefficient (Wildman–Crippen LogP) is 2.64. The molecule has 1 heterocycles. The summed E-state index contributed by atoms with van der Waals surface area (Å²) in [4.78, 5) is 8.07. The number of nitrogens with one attached hydrogen (secondary N) is 1. The Kier molecular flexibility index (Phi) is 6.53. The van der Waals surface area contributed by atoms with Crippen LogP contribution in [0.3, 0.4) is 0 Å². The van der Waals surface area contributed by atoms with Gasteiger partial charge in [-0.15, -0.1) is 11.8 Å². The maximum atomic E-state index is 12.5. The van der Waals surface area contributed by atoms with Crippen LogP contribution in [0.4, 0.5) is 5.82 Å². The summed E-state index contributed by atoms with van der Waals surface area (Å²) < 4.78 is 32.4. The van der Waals surface area contributed by atoms with Crippen LogP contribution in [0.1, 0.15) is 0 Å². The lowest BCUT2D eigenvalue weighted by atomic mass is 10.4. The largest absolute Gasteiger partial charge is 0.478 e. The molecule has 2 aromatic rings. The first kappa shape index (κ1) is 19.1. The molecule has 7 nitrogen and oxygen atoms in total. The maximum absolute atomic E-state index is 12.5. The molecule has 2 rings (SSSR count). The number of aromatic nitrogens is 2. The minimum Gasteiger partial charge on any atom is -0.478 e. The summed E-state index contributed by atoms with van der Waals surface area (Å²) in [5.41, 5.74) is 5.44. The van der Waals surface area contributed by atoms with Gasteiger partial charge in [0, 0.05) is 12.3 Å². The molecule has 0 aliphatic heterocycles. The van der Waals surface area contributed by atoms with Crippen molar-refractivity contribution in [3.63, 3.8) is 0 Å². The highest BCUT2D eigenvalue weighted by Crippen LogP contribution is 2.31. The van der Waals surface area contributed by atoms with E-state index in [1.807, 2.05) is 0 Å². The Morgan fingerprint density at radius 1 is 1.38 bits per heavy atom. The van der Waals surface area contributed by atoms with Gasteiger partial charge in [0.05, 0.1) is 23.4 Å². The Labute approximate surface area is 154 Å². The molecular weight excluding hydrogens is 395 g/mol. The van der Waals surface area contributed by atoms with Gasteiger partial charge < -0.3 is 10.5 Å². The van der Waals surface area contributed by atoms with E-state index in [0.717, 1.165) is 0 Å². The lowest BCUT2D eigenvalue weighted by Gasteiger charge is -2.12. The predicted molar refractivity (Wildman–Crippen MR) is 95.6 cm³/mol. The van der Waals surface area contributed by atoms with Crippen LogP contribution in [0, 0.1) is 0 Å². The summed E-state index contributed by atoms with van der Waals surface area (Å²) in [6, 6.07) is 4.31. The minimum atomic E-state index is -4.00. The SMILES string of the molecule is COc1nc(SCCN)cnc1NS(=O)(=O)c1cccc(Cl)c1Cl. The molecule has 24 heavy (non-hydrogen) atoms. The topological polar surface area (TPSA) is 107 Å². The number of benzene rings is 1. The van der Waals surface area contributed by atoms with E-state index in [-0.39, 0.29) is 26.6 Å². The van der Waals surface area contributed by atoms with Gasteiger partial charge in [-0.3, -0.25) is 4.72 Å². The molecule has 0 spiro atoms. The van der Waals surface area contributed by atoms with Gasteiger partial charge in [0.2, 0.25) is 5.82 Å². The van der Waals surface area contributed by atoms with Crippen molar-refractivity contribution in [2.24, 2.45) is 5.73 Å². The molecule has 0 atom stereocenters. The molecule has 0 aliphatic carbocycles. The molecule has 1 aromatic heterocycles. The second-order valence-corrected chi connectivity index (χ2v) is 7.91. The second-order valence-electron chi connectivity index (χ2n) is 4.36. The van der Waals surface area contributed by atoms with Crippen LogP contribution in [0.5, 0.6) is 5.88 Å². The van der Waals surface area contributed by atoms with E-state index in [4.69, 9.17) is 33.7 Å². The van der Waals surface area contributed by atoms with Crippen molar-refractivity contribution in [1.82, 2.24) is 9.97 Å². The van der Waals surface area contributed by atoms with E-state index < -0.39 is 10.0 Å². The van der Waals surface area contributed by atoms with Crippen molar-refractivity contribution in [2.75, 3.05) is 24.1 Å². The standard InChI is InChI=1S/C13H14Cl2N4O3S2/c1-22-13-12(17-7-10(18-13)23-6-5-16)19-24(20,21)9-4-2-3-8(14)11(9)15/h2-4,7H,5-6,16H2,1H3,(H,17,19). The van der Waals surface area contributed by atoms with Crippen LogP contribution >= 0.6 is 35.0 Å². The fourth-order valence-corrected chi connectivity index (χ4v) is 4.05. The van der Waals surface area contributed by atoms with Gasteiger partial charge in [0.1, 0.15) is 9.92 Å². The first-order valence-electron chi connectivity index (χ1n) is 6.59. The van der Waals surface area contributed by atoms with Crippen LogP contribution in [0.2, 0.25) is 10.0 Å². The average Bonchev–Trinajstić information content (AvgIpc) is 2.56. The van der Waals surface area contributed by atoms with E-state index in [1.54, 1.807) is 0 Å². The van der Waals surface area contributed by atoms with Crippen LogP contribution in [-0.2, 0) is 10.0 Å². The Morgan fingerprint density at radius 3 is 2.79 bits per heavy atom. The average molecular weight is 409 g/mol. The van der Waals surface area contributed by atoms with Crippen molar-refractivity contribution < 1.29 is 13.2 Å². The lowest BCUT2D eigenvalue weighted by Crippen LogP contribution is -2.16. The van der Waals surface area contributed by atoms with Gasteiger partial charge in [-0.2, -0.15) is 0 Å². The highest BCUT2D eigenvalue weighted by molar-refractivity contribution is 7.99. The molecule has 0 saturated heterocycles. The van der Waals surface area contributed by atoms with Crippen LogP contribution in [0.15, 0.2) is 34.3 Å². The summed E-state index contributed by atoms with van der Waals surface area (Å²) >= 11 is 13.2. The lowest BCUT2D eigenvalue weighted by molar-refractivity contribution is 0.394. The number of ether oxygens (including phenoxy) is 1. The fraction of sp³-hybridized carbons (Fsp3) is 0.231. The van der Waals surface area contributed by atoms with Crippen LogP contribution in [0.25, 0.3) is 0 Å². The molecule has 0 fully saturated rings. The number of nitrogens with two attached hydrogens (primary N) is 1. The minimum absolute atomic E-state index is 0.0405.